The van der Waals surface area contributed by atoms with Crippen molar-refractivity contribution in [2.75, 3.05) is 26.4 Å². The van der Waals surface area contributed by atoms with E-state index in [2.05, 4.69) is 6.07 Å². The number of unbranched alkanes of at least 4 members (excludes halogenated alkanes) is 4. The third-order valence-corrected chi connectivity index (χ3v) is 6.67. The second-order valence-corrected chi connectivity index (χ2v) is 9.93. The Bertz CT molecular complexity index is 814. The summed E-state index contributed by atoms with van der Waals surface area (Å²) in [6.45, 7) is 8.65. The SMILES string of the molecule is CCOC(=O)CCCCCC(Cc1cccc(CC(CCCCCC(=O)OCC)C(=O)OCC)c1)C(=O)OCC. The molecule has 2 unspecified atom stereocenters. The molecule has 0 fully saturated rings. The van der Waals surface area contributed by atoms with Crippen LogP contribution in [0.15, 0.2) is 24.3 Å². The Kier molecular flexibility index (Phi) is 19.2. The lowest BCUT2D eigenvalue weighted by Gasteiger charge is -2.18. The summed E-state index contributed by atoms with van der Waals surface area (Å²) >= 11 is 0. The molecule has 0 bridgehead atoms. The highest BCUT2D eigenvalue weighted by molar-refractivity contribution is 5.73. The number of rotatable bonds is 22. The minimum Gasteiger partial charge on any atom is -0.466 e. The Morgan fingerprint density at radius 3 is 1.35 bits per heavy atom. The van der Waals surface area contributed by atoms with Gasteiger partial charge in [0.1, 0.15) is 0 Å². The number of ether oxygens (including phenoxy) is 4. The zero-order valence-corrected chi connectivity index (χ0v) is 25.0. The maximum atomic E-state index is 12.7. The number of carbonyl (C=O) groups is 4. The molecule has 0 aliphatic carbocycles. The van der Waals surface area contributed by atoms with E-state index in [-0.39, 0.29) is 35.7 Å². The molecule has 1 rings (SSSR count). The fraction of sp³-hybridized carbons (Fsp3) is 0.688. The van der Waals surface area contributed by atoms with Gasteiger partial charge in [0.2, 0.25) is 0 Å². The van der Waals surface area contributed by atoms with Crippen LogP contribution in [0.25, 0.3) is 0 Å². The van der Waals surface area contributed by atoms with E-state index < -0.39 is 0 Å². The molecule has 2 atom stereocenters. The molecule has 1 aromatic rings. The van der Waals surface area contributed by atoms with Gasteiger partial charge in [-0.2, -0.15) is 0 Å². The minimum absolute atomic E-state index is 0.181. The summed E-state index contributed by atoms with van der Waals surface area (Å²) < 4.78 is 20.6. The van der Waals surface area contributed by atoms with Crippen molar-refractivity contribution in [1.29, 1.82) is 0 Å². The Hall–Kier alpha value is -2.90. The van der Waals surface area contributed by atoms with Gasteiger partial charge in [-0.05, 0) is 77.3 Å². The Morgan fingerprint density at radius 1 is 0.575 bits per heavy atom. The maximum Gasteiger partial charge on any atom is 0.309 e. The molecule has 8 nitrogen and oxygen atoms in total. The van der Waals surface area contributed by atoms with E-state index in [9.17, 15) is 19.2 Å². The van der Waals surface area contributed by atoms with E-state index in [1.807, 2.05) is 18.2 Å². The highest BCUT2D eigenvalue weighted by Crippen LogP contribution is 2.23. The Morgan fingerprint density at radius 2 is 0.975 bits per heavy atom. The zero-order chi connectivity index (χ0) is 29.6. The highest BCUT2D eigenvalue weighted by Gasteiger charge is 2.22. The van der Waals surface area contributed by atoms with Crippen LogP contribution in [0.3, 0.4) is 0 Å². The Balaban J connectivity index is 2.74. The molecule has 0 radical (unpaired) electrons. The van der Waals surface area contributed by atoms with Gasteiger partial charge in [0.05, 0.1) is 38.3 Å². The van der Waals surface area contributed by atoms with Gasteiger partial charge in [0.15, 0.2) is 0 Å². The summed E-state index contributed by atoms with van der Waals surface area (Å²) in [5.41, 5.74) is 2.05. The molecule has 0 spiro atoms. The molecule has 0 saturated carbocycles. The summed E-state index contributed by atoms with van der Waals surface area (Å²) in [5.74, 6) is -1.30. The fourth-order valence-electron chi connectivity index (χ4n) is 4.72. The molecule has 1 aromatic carbocycles. The first kappa shape index (κ1) is 35.1. The number of carbonyl (C=O) groups excluding carboxylic acids is 4. The van der Waals surface area contributed by atoms with Crippen molar-refractivity contribution in [1.82, 2.24) is 0 Å². The van der Waals surface area contributed by atoms with Crippen LogP contribution in [0.2, 0.25) is 0 Å². The van der Waals surface area contributed by atoms with Crippen LogP contribution in [0.5, 0.6) is 0 Å². The highest BCUT2D eigenvalue weighted by atomic mass is 16.5. The second kappa shape index (κ2) is 21.9. The lowest BCUT2D eigenvalue weighted by Crippen LogP contribution is -2.21. The molecule has 226 valence electrons. The largest absolute Gasteiger partial charge is 0.466 e. The van der Waals surface area contributed by atoms with Crippen LogP contribution in [0, 0.1) is 11.8 Å². The van der Waals surface area contributed by atoms with Crippen molar-refractivity contribution in [3.63, 3.8) is 0 Å². The molecule has 40 heavy (non-hydrogen) atoms. The first-order valence-electron chi connectivity index (χ1n) is 15.1. The van der Waals surface area contributed by atoms with E-state index in [4.69, 9.17) is 18.9 Å². The Labute approximate surface area is 240 Å². The number of hydrogen-bond donors (Lipinski definition) is 0. The van der Waals surface area contributed by atoms with Crippen LogP contribution in [0.1, 0.15) is 103 Å². The average Bonchev–Trinajstić information content (AvgIpc) is 2.92. The summed E-state index contributed by atoms with van der Waals surface area (Å²) in [4.78, 5) is 48.5. The van der Waals surface area contributed by atoms with Crippen molar-refractivity contribution >= 4 is 23.9 Å². The average molecular weight is 563 g/mol. The summed E-state index contributed by atoms with van der Waals surface area (Å²) in [6.07, 6.45) is 8.08. The van der Waals surface area contributed by atoms with Crippen molar-refractivity contribution < 1.29 is 38.1 Å². The van der Waals surface area contributed by atoms with Crippen LogP contribution in [-0.4, -0.2) is 50.3 Å². The summed E-state index contributed by atoms with van der Waals surface area (Å²) in [5, 5.41) is 0. The normalized spacial score (nSPS) is 12.3. The van der Waals surface area contributed by atoms with E-state index in [0.29, 0.717) is 65.0 Å². The second-order valence-electron chi connectivity index (χ2n) is 9.93. The first-order chi connectivity index (χ1) is 19.3. The molecule has 0 aromatic heterocycles. The van der Waals surface area contributed by atoms with Crippen molar-refractivity contribution in [2.45, 2.75) is 105 Å². The molecule has 8 heteroatoms. The zero-order valence-electron chi connectivity index (χ0n) is 25.0. The quantitative estimate of drug-likeness (QED) is 0.0940. The van der Waals surface area contributed by atoms with Crippen LogP contribution >= 0.6 is 0 Å². The van der Waals surface area contributed by atoms with Gasteiger partial charge in [0, 0.05) is 12.8 Å². The standard InChI is InChI=1S/C32H50O8/c1-5-37-29(33)20-13-9-11-18-27(31(35)39-7-3)23-25-16-15-17-26(22-25)24-28(32(36)40-8-4)19-12-10-14-21-30(34)38-6-2/h15-17,22,27-28H,5-14,18-21,23-24H2,1-4H3. The van der Waals surface area contributed by atoms with E-state index in [1.54, 1.807) is 27.7 Å². The number of benzene rings is 1. The van der Waals surface area contributed by atoms with Gasteiger partial charge in [0.25, 0.3) is 0 Å². The predicted molar refractivity (Wildman–Crippen MR) is 154 cm³/mol. The van der Waals surface area contributed by atoms with Gasteiger partial charge >= 0.3 is 23.9 Å². The lowest BCUT2D eigenvalue weighted by molar-refractivity contribution is -0.149. The molecule has 0 aliphatic rings. The maximum absolute atomic E-state index is 12.7. The van der Waals surface area contributed by atoms with Crippen molar-refractivity contribution in [3.05, 3.63) is 35.4 Å². The van der Waals surface area contributed by atoms with Crippen LogP contribution in [0.4, 0.5) is 0 Å². The molecule has 0 amide bonds. The number of esters is 4. The third-order valence-electron chi connectivity index (χ3n) is 6.67. The summed E-state index contributed by atoms with van der Waals surface area (Å²) in [7, 11) is 0. The monoisotopic (exact) mass is 562 g/mol. The summed E-state index contributed by atoms with van der Waals surface area (Å²) in [6, 6.07) is 8.05. The molecular formula is C32H50O8. The third kappa shape index (κ3) is 15.6. The van der Waals surface area contributed by atoms with Gasteiger partial charge in [-0.3, -0.25) is 19.2 Å². The molecule has 0 saturated heterocycles. The van der Waals surface area contributed by atoms with Gasteiger partial charge in [-0.15, -0.1) is 0 Å². The molecular weight excluding hydrogens is 512 g/mol. The van der Waals surface area contributed by atoms with E-state index in [1.165, 1.54) is 0 Å². The molecule has 0 heterocycles. The van der Waals surface area contributed by atoms with Crippen LogP contribution in [-0.2, 0) is 51.0 Å². The fourth-order valence-corrected chi connectivity index (χ4v) is 4.72. The molecule has 0 N–H and O–H groups in total. The van der Waals surface area contributed by atoms with Gasteiger partial charge in [-0.25, -0.2) is 0 Å². The van der Waals surface area contributed by atoms with Gasteiger partial charge < -0.3 is 18.9 Å². The van der Waals surface area contributed by atoms with E-state index in [0.717, 1.165) is 49.7 Å². The van der Waals surface area contributed by atoms with E-state index >= 15 is 0 Å². The van der Waals surface area contributed by atoms with Gasteiger partial charge in [-0.1, -0.05) is 49.9 Å². The smallest absolute Gasteiger partial charge is 0.309 e. The predicted octanol–water partition coefficient (Wildman–Crippen LogP) is 6.16. The van der Waals surface area contributed by atoms with Crippen molar-refractivity contribution in [2.24, 2.45) is 11.8 Å². The number of hydrogen-bond acceptors (Lipinski definition) is 8. The van der Waals surface area contributed by atoms with Crippen LogP contribution < -0.4 is 0 Å². The lowest BCUT2D eigenvalue weighted by atomic mass is 9.90. The molecule has 0 aliphatic heterocycles. The topological polar surface area (TPSA) is 105 Å². The minimum atomic E-state index is -0.266. The first-order valence-corrected chi connectivity index (χ1v) is 15.1. The van der Waals surface area contributed by atoms with Crippen molar-refractivity contribution in [3.8, 4) is 0 Å².